The van der Waals surface area contributed by atoms with Crippen molar-refractivity contribution in [3.63, 3.8) is 0 Å². The summed E-state index contributed by atoms with van der Waals surface area (Å²) in [6.45, 7) is 2.00. The molecule has 0 radical (unpaired) electrons. The van der Waals surface area contributed by atoms with Crippen molar-refractivity contribution < 1.29 is 4.79 Å². The predicted octanol–water partition coefficient (Wildman–Crippen LogP) is 3.23. The van der Waals surface area contributed by atoms with Gasteiger partial charge in [0.05, 0.1) is 11.9 Å². The van der Waals surface area contributed by atoms with E-state index in [2.05, 4.69) is 15.5 Å². The number of anilines is 1. The third-order valence-corrected chi connectivity index (χ3v) is 3.22. The zero-order valence-electron chi connectivity index (χ0n) is 12.7. The number of aryl methyl sites for hydroxylation is 1. The highest BCUT2D eigenvalue weighted by Gasteiger charge is 2.01. The van der Waals surface area contributed by atoms with Gasteiger partial charge in [0.1, 0.15) is 5.69 Å². The fraction of sp³-hybridized carbons (Fsp3) is 0.0556. The van der Waals surface area contributed by atoms with E-state index in [4.69, 9.17) is 0 Å². The molecule has 0 aliphatic carbocycles. The van der Waals surface area contributed by atoms with Gasteiger partial charge < -0.3 is 5.32 Å². The largest absolute Gasteiger partial charge is 0.323 e. The van der Waals surface area contributed by atoms with Crippen LogP contribution in [-0.2, 0) is 4.79 Å². The summed E-state index contributed by atoms with van der Waals surface area (Å²) in [5, 5.41) is 11.3. The Kier molecular flexibility index (Phi) is 4.29. The van der Waals surface area contributed by atoms with Crippen molar-refractivity contribution >= 4 is 17.7 Å². The molecule has 5 nitrogen and oxygen atoms in total. The second-order valence-electron chi connectivity index (χ2n) is 5.08. The molecule has 0 unspecified atom stereocenters. The highest BCUT2D eigenvalue weighted by atomic mass is 16.1. The summed E-state index contributed by atoms with van der Waals surface area (Å²) in [4.78, 5) is 13.4. The number of benzene rings is 2. The minimum atomic E-state index is -0.205. The maximum atomic E-state index is 11.9. The van der Waals surface area contributed by atoms with Crippen LogP contribution in [0.15, 0.2) is 66.9 Å². The number of carbonyl (C=O) groups excluding carboxylic acids is 1. The van der Waals surface area contributed by atoms with Crippen molar-refractivity contribution in [1.82, 2.24) is 15.0 Å². The summed E-state index contributed by atoms with van der Waals surface area (Å²) < 4.78 is 0. The molecule has 3 aromatic rings. The molecular formula is C18H16N4O. The SMILES string of the molecule is Cc1ccc(NC(=O)C=Cc2cnn(-c3ccccc3)n2)cc1. The van der Waals surface area contributed by atoms with Gasteiger partial charge in [0.2, 0.25) is 5.91 Å². The van der Waals surface area contributed by atoms with Gasteiger partial charge in [-0.05, 0) is 37.3 Å². The van der Waals surface area contributed by atoms with Gasteiger partial charge in [0.15, 0.2) is 0 Å². The van der Waals surface area contributed by atoms with Crippen LogP contribution in [0.5, 0.6) is 0 Å². The van der Waals surface area contributed by atoms with Gasteiger partial charge in [-0.25, -0.2) is 0 Å². The molecule has 5 heteroatoms. The minimum absolute atomic E-state index is 0.205. The van der Waals surface area contributed by atoms with E-state index in [1.54, 1.807) is 12.3 Å². The van der Waals surface area contributed by atoms with Crippen LogP contribution in [0.25, 0.3) is 11.8 Å². The number of hydrogen-bond donors (Lipinski definition) is 1. The van der Waals surface area contributed by atoms with E-state index in [1.165, 1.54) is 10.9 Å². The first kappa shape index (κ1) is 14.7. The Hall–Kier alpha value is -3.21. The third-order valence-electron chi connectivity index (χ3n) is 3.22. The number of carbonyl (C=O) groups is 1. The van der Waals surface area contributed by atoms with Gasteiger partial charge >= 0.3 is 0 Å². The Bertz CT molecular complexity index is 820. The van der Waals surface area contributed by atoms with Crippen molar-refractivity contribution in [1.29, 1.82) is 0 Å². The Balaban J connectivity index is 1.65. The second-order valence-corrected chi connectivity index (χ2v) is 5.08. The molecule has 2 aromatic carbocycles. The average Bonchev–Trinajstić information content (AvgIpc) is 3.05. The van der Waals surface area contributed by atoms with Crippen molar-refractivity contribution in [2.45, 2.75) is 6.92 Å². The van der Waals surface area contributed by atoms with Crippen LogP contribution in [0.3, 0.4) is 0 Å². The highest BCUT2D eigenvalue weighted by molar-refractivity contribution is 6.01. The quantitative estimate of drug-likeness (QED) is 0.753. The monoisotopic (exact) mass is 304 g/mol. The van der Waals surface area contributed by atoms with Gasteiger partial charge in [0.25, 0.3) is 0 Å². The Morgan fingerprint density at radius 1 is 1.09 bits per heavy atom. The second kappa shape index (κ2) is 6.70. The molecule has 1 amide bonds. The number of aromatic nitrogens is 3. The molecule has 0 atom stereocenters. The van der Waals surface area contributed by atoms with Crippen LogP contribution >= 0.6 is 0 Å². The Labute approximate surface area is 134 Å². The minimum Gasteiger partial charge on any atom is -0.323 e. The van der Waals surface area contributed by atoms with Crippen LogP contribution in [-0.4, -0.2) is 20.9 Å². The van der Waals surface area contributed by atoms with E-state index in [0.29, 0.717) is 5.69 Å². The maximum absolute atomic E-state index is 11.9. The van der Waals surface area contributed by atoms with Crippen LogP contribution in [0, 0.1) is 6.92 Å². The molecule has 23 heavy (non-hydrogen) atoms. The van der Waals surface area contributed by atoms with Crippen molar-refractivity contribution in [2.24, 2.45) is 0 Å². The average molecular weight is 304 g/mol. The van der Waals surface area contributed by atoms with E-state index in [1.807, 2.05) is 61.5 Å². The summed E-state index contributed by atoms with van der Waals surface area (Å²) in [7, 11) is 0. The normalized spacial score (nSPS) is 10.8. The highest BCUT2D eigenvalue weighted by Crippen LogP contribution is 2.09. The van der Waals surface area contributed by atoms with Crippen LogP contribution in [0.4, 0.5) is 5.69 Å². The van der Waals surface area contributed by atoms with Crippen molar-refractivity contribution in [2.75, 3.05) is 5.32 Å². The molecule has 0 spiro atoms. The van der Waals surface area contributed by atoms with Gasteiger partial charge in [-0.2, -0.15) is 9.90 Å². The lowest BCUT2D eigenvalue weighted by Crippen LogP contribution is -2.07. The molecule has 0 saturated carbocycles. The topological polar surface area (TPSA) is 59.8 Å². The molecule has 0 saturated heterocycles. The molecule has 1 N–H and O–H groups in total. The summed E-state index contributed by atoms with van der Waals surface area (Å²) in [5.41, 5.74) is 3.40. The Morgan fingerprint density at radius 3 is 2.57 bits per heavy atom. The lowest BCUT2D eigenvalue weighted by atomic mass is 10.2. The van der Waals surface area contributed by atoms with E-state index in [-0.39, 0.29) is 5.91 Å². The molecule has 1 aromatic heterocycles. The van der Waals surface area contributed by atoms with Crippen molar-refractivity contribution in [3.8, 4) is 5.69 Å². The number of hydrogen-bond acceptors (Lipinski definition) is 3. The van der Waals surface area contributed by atoms with Gasteiger partial charge in [0, 0.05) is 11.8 Å². The van der Waals surface area contributed by atoms with E-state index in [9.17, 15) is 4.79 Å². The summed E-state index contributed by atoms with van der Waals surface area (Å²) in [5.74, 6) is -0.205. The van der Waals surface area contributed by atoms with Crippen LogP contribution in [0.2, 0.25) is 0 Å². The number of rotatable bonds is 4. The van der Waals surface area contributed by atoms with Crippen LogP contribution in [0.1, 0.15) is 11.3 Å². The van der Waals surface area contributed by atoms with Crippen molar-refractivity contribution in [3.05, 3.63) is 78.1 Å². The van der Waals surface area contributed by atoms with Gasteiger partial charge in [-0.15, -0.1) is 5.10 Å². The summed E-state index contributed by atoms with van der Waals surface area (Å²) in [6.07, 6.45) is 4.69. The molecule has 1 heterocycles. The molecule has 0 aliphatic heterocycles. The fourth-order valence-electron chi connectivity index (χ4n) is 2.02. The molecule has 0 aliphatic rings. The summed E-state index contributed by atoms with van der Waals surface area (Å²) >= 11 is 0. The number of nitrogens with zero attached hydrogens (tertiary/aromatic N) is 3. The number of nitrogens with one attached hydrogen (secondary N) is 1. The number of amides is 1. The first-order valence-corrected chi connectivity index (χ1v) is 7.24. The van der Waals surface area contributed by atoms with E-state index < -0.39 is 0 Å². The van der Waals surface area contributed by atoms with E-state index in [0.717, 1.165) is 16.9 Å². The standard InChI is InChI=1S/C18H16N4O/c1-14-7-9-15(10-8-14)20-18(23)12-11-16-13-19-22(21-16)17-5-3-2-4-6-17/h2-13H,1H3,(H,20,23). The smallest absolute Gasteiger partial charge is 0.248 e. The van der Waals surface area contributed by atoms with E-state index >= 15 is 0 Å². The third kappa shape index (κ3) is 3.91. The molecule has 0 fully saturated rings. The van der Waals surface area contributed by atoms with Gasteiger partial charge in [-0.1, -0.05) is 35.9 Å². The first-order chi connectivity index (χ1) is 11.2. The van der Waals surface area contributed by atoms with Crippen LogP contribution < -0.4 is 5.32 Å². The molecule has 0 bridgehead atoms. The first-order valence-electron chi connectivity index (χ1n) is 7.24. The summed E-state index contributed by atoms with van der Waals surface area (Å²) in [6, 6.07) is 17.2. The predicted molar refractivity (Wildman–Crippen MR) is 90.2 cm³/mol. The number of para-hydroxylation sites is 1. The zero-order valence-corrected chi connectivity index (χ0v) is 12.7. The lowest BCUT2D eigenvalue weighted by Gasteiger charge is -2.01. The maximum Gasteiger partial charge on any atom is 0.248 e. The fourth-order valence-corrected chi connectivity index (χ4v) is 2.02. The molecular weight excluding hydrogens is 288 g/mol. The lowest BCUT2D eigenvalue weighted by molar-refractivity contribution is -0.111. The molecule has 3 rings (SSSR count). The molecule has 114 valence electrons. The van der Waals surface area contributed by atoms with Gasteiger partial charge in [-0.3, -0.25) is 4.79 Å². The zero-order chi connectivity index (χ0) is 16.1. The Morgan fingerprint density at radius 2 is 1.83 bits per heavy atom.